The Labute approximate surface area is 131 Å². The second-order valence-corrected chi connectivity index (χ2v) is 7.37. The van der Waals surface area contributed by atoms with Crippen LogP contribution in [0.15, 0.2) is 12.1 Å². The van der Waals surface area contributed by atoms with Gasteiger partial charge in [0.15, 0.2) is 0 Å². The maximum Gasteiger partial charge on any atom is 0.104 e. The Kier molecular flexibility index (Phi) is 4.97. The van der Waals surface area contributed by atoms with Crippen molar-refractivity contribution < 1.29 is 5.11 Å². The topological polar surface area (TPSA) is 26.7 Å². The van der Waals surface area contributed by atoms with Crippen LogP contribution >= 0.6 is 11.3 Å². The molecule has 2 aliphatic heterocycles. The standard InChI is InChI=1S/C17H24N2OS/c1-18-9-2-4-14-12-19(10-8-17(14)18)13-16-7-6-15(21-16)5-3-11-20/h6-7,14,17,20H,2,4,8-13H2,1H3. The molecule has 2 aliphatic rings. The number of fused-ring (bicyclic) bond motifs is 1. The molecule has 0 aromatic carbocycles. The predicted octanol–water partition coefficient (Wildman–Crippen LogP) is 2.01. The van der Waals surface area contributed by atoms with Crippen LogP contribution in [0, 0.1) is 17.8 Å². The molecule has 1 aromatic heterocycles. The molecule has 0 bridgehead atoms. The summed E-state index contributed by atoms with van der Waals surface area (Å²) in [6.45, 7) is 4.72. The third kappa shape index (κ3) is 3.67. The Morgan fingerprint density at radius 3 is 3.10 bits per heavy atom. The first-order valence-corrected chi connectivity index (χ1v) is 8.69. The van der Waals surface area contributed by atoms with Crippen molar-refractivity contribution in [2.45, 2.75) is 31.8 Å². The molecule has 0 aliphatic carbocycles. The van der Waals surface area contributed by atoms with Gasteiger partial charge in [0.2, 0.25) is 0 Å². The first-order chi connectivity index (χ1) is 10.3. The van der Waals surface area contributed by atoms with E-state index in [9.17, 15) is 0 Å². The van der Waals surface area contributed by atoms with Gasteiger partial charge in [0.05, 0.1) is 4.88 Å². The normalized spacial score (nSPS) is 27.0. The first-order valence-electron chi connectivity index (χ1n) is 7.87. The smallest absolute Gasteiger partial charge is 0.104 e. The molecular weight excluding hydrogens is 280 g/mol. The van der Waals surface area contributed by atoms with Crippen LogP contribution in [0.25, 0.3) is 0 Å². The number of hydrogen-bond acceptors (Lipinski definition) is 4. The van der Waals surface area contributed by atoms with Crippen LogP contribution in [0.1, 0.15) is 29.0 Å². The van der Waals surface area contributed by atoms with Gasteiger partial charge in [0.25, 0.3) is 0 Å². The number of rotatable bonds is 2. The third-order valence-corrected chi connectivity index (χ3v) is 5.75. The Bertz CT molecular complexity index is 530. The highest BCUT2D eigenvalue weighted by molar-refractivity contribution is 7.12. The molecule has 2 atom stereocenters. The van der Waals surface area contributed by atoms with Gasteiger partial charge in [-0.05, 0) is 50.9 Å². The number of likely N-dealkylation sites (tertiary alicyclic amines) is 2. The average molecular weight is 304 g/mol. The summed E-state index contributed by atoms with van der Waals surface area (Å²) < 4.78 is 0. The number of nitrogens with zero attached hydrogens (tertiary/aromatic N) is 2. The van der Waals surface area contributed by atoms with E-state index in [1.165, 1.54) is 43.8 Å². The first kappa shape index (κ1) is 15.1. The third-order valence-electron chi connectivity index (χ3n) is 4.76. The maximum atomic E-state index is 8.75. The van der Waals surface area contributed by atoms with Gasteiger partial charge in [0.1, 0.15) is 6.61 Å². The molecular formula is C17H24N2OS. The van der Waals surface area contributed by atoms with Crippen molar-refractivity contribution in [1.82, 2.24) is 9.80 Å². The molecule has 2 saturated heterocycles. The molecule has 4 heteroatoms. The van der Waals surface area contributed by atoms with E-state index in [0.29, 0.717) is 0 Å². The van der Waals surface area contributed by atoms with E-state index in [2.05, 4.69) is 40.8 Å². The lowest BCUT2D eigenvalue weighted by Gasteiger charge is -2.45. The highest BCUT2D eigenvalue weighted by Gasteiger charge is 2.34. The minimum atomic E-state index is -0.0596. The summed E-state index contributed by atoms with van der Waals surface area (Å²) in [5.41, 5.74) is 0. The molecule has 0 spiro atoms. The quantitative estimate of drug-likeness (QED) is 0.847. The molecule has 21 heavy (non-hydrogen) atoms. The number of aliphatic hydroxyl groups is 1. The van der Waals surface area contributed by atoms with Crippen molar-refractivity contribution >= 4 is 11.3 Å². The zero-order chi connectivity index (χ0) is 14.7. The summed E-state index contributed by atoms with van der Waals surface area (Å²) in [5, 5.41) is 8.75. The summed E-state index contributed by atoms with van der Waals surface area (Å²) in [5.74, 6) is 6.57. The molecule has 0 radical (unpaired) electrons. The van der Waals surface area contributed by atoms with Gasteiger partial charge in [-0.2, -0.15) is 0 Å². The van der Waals surface area contributed by atoms with Gasteiger partial charge in [-0.15, -0.1) is 11.3 Å². The number of aliphatic hydroxyl groups excluding tert-OH is 1. The highest BCUT2D eigenvalue weighted by Crippen LogP contribution is 2.30. The molecule has 3 nitrogen and oxygen atoms in total. The summed E-state index contributed by atoms with van der Waals surface area (Å²) >= 11 is 1.76. The molecule has 0 amide bonds. The maximum absolute atomic E-state index is 8.75. The fourth-order valence-electron chi connectivity index (χ4n) is 3.75. The van der Waals surface area contributed by atoms with E-state index in [4.69, 9.17) is 5.11 Å². The van der Waals surface area contributed by atoms with Gasteiger partial charge in [0, 0.05) is 30.6 Å². The molecule has 0 saturated carbocycles. The lowest BCUT2D eigenvalue weighted by Crippen LogP contribution is -2.52. The predicted molar refractivity (Wildman–Crippen MR) is 87.3 cm³/mol. The molecule has 2 fully saturated rings. The molecule has 114 valence electrons. The highest BCUT2D eigenvalue weighted by atomic mass is 32.1. The van der Waals surface area contributed by atoms with E-state index >= 15 is 0 Å². The average Bonchev–Trinajstić information content (AvgIpc) is 2.93. The largest absolute Gasteiger partial charge is 0.384 e. The van der Waals surface area contributed by atoms with E-state index in [0.717, 1.165) is 23.4 Å². The van der Waals surface area contributed by atoms with Gasteiger partial charge >= 0.3 is 0 Å². The Morgan fingerprint density at radius 2 is 2.24 bits per heavy atom. The van der Waals surface area contributed by atoms with E-state index in [1.54, 1.807) is 11.3 Å². The van der Waals surface area contributed by atoms with Crippen molar-refractivity contribution in [2.75, 3.05) is 33.3 Å². The minimum Gasteiger partial charge on any atom is -0.384 e. The summed E-state index contributed by atoms with van der Waals surface area (Å²) in [6.07, 6.45) is 4.05. The zero-order valence-corrected chi connectivity index (χ0v) is 13.5. The fraction of sp³-hybridized carbons (Fsp3) is 0.647. The molecule has 1 aromatic rings. The summed E-state index contributed by atoms with van der Waals surface area (Å²) in [6, 6.07) is 5.07. The van der Waals surface area contributed by atoms with E-state index in [-0.39, 0.29) is 6.61 Å². The Hall–Kier alpha value is -0.860. The number of piperidine rings is 2. The van der Waals surface area contributed by atoms with E-state index < -0.39 is 0 Å². The lowest BCUT2D eigenvalue weighted by atomic mass is 9.84. The Balaban J connectivity index is 1.57. The van der Waals surface area contributed by atoms with E-state index in [1.807, 2.05) is 0 Å². The van der Waals surface area contributed by atoms with Crippen LogP contribution in [0.3, 0.4) is 0 Å². The van der Waals surface area contributed by atoms with Gasteiger partial charge in [-0.25, -0.2) is 0 Å². The molecule has 3 rings (SSSR count). The lowest BCUT2D eigenvalue weighted by molar-refractivity contribution is 0.0359. The molecule has 2 unspecified atom stereocenters. The summed E-state index contributed by atoms with van der Waals surface area (Å²) in [4.78, 5) is 7.63. The van der Waals surface area contributed by atoms with Crippen LogP contribution in [0.4, 0.5) is 0 Å². The second-order valence-electron chi connectivity index (χ2n) is 6.20. The molecule has 1 N–H and O–H groups in total. The monoisotopic (exact) mass is 304 g/mol. The van der Waals surface area contributed by atoms with Gasteiger partial charge < -0.3 is 10.0 Å². The van der Waals surface area contributed by atoms with Crippen molar-refractivity contribution in [3.63, 3.8) is 0 Å². The van der Waals surface area contributed by atoms with Crippen molar-refractivity contribution in [1.29, 1.82) is 0 Å². The van der Waals surface area contributed by atoms with Crippen molar-refractivity contribution in [2.24, 2.45) is 5.92 Å². The van der Waals surface area contributed by atoms with Crippen LogP contribution in [-0.2, 0) is 6.54 Å². The zero-order valence-electron chi connectivity index (χ0n) is 12.7. The van der Waals surface area contributed by atoms with Gasteiger partial charge in [-0.1, -0.05) is 11.8 Å². The van der Waals surface area contributed by atoms with Crippen molar-refractivity contribution in [3.05, 3.63) is 21.9 Å². The number of thiophene rings is 1. The van der Waals surface area contributed by atoms with Crippen LogP contribution in [-0.4, -0.2) is 54.2 Å². The van der Waals surface area contributed by atoms with Crippen LogP contribution in [0.2, 0.25) is 0 Å². The second kappa shape index (κ2) is 6.93. The van der Waals surface area contributed by atoms with Gasteiger partial charge in [-0.3, -0.25) is 4.90 Å². The number of hydrogen-bond donors (Lipinski definition) is 1. The fourth-order valence-corrected chi connectivity index (χ4v) is 4.67. The van der Waals surface area contributed by atoms with Crippen molar-refractivity contribution in [3.8, 4) is 11.8 Å². The molecule has 3 heterocycles. The summed E-state index contributed by atoms with van der Waals surface area (Å²) in [7, 11) is 2.29. The van der Waals surface area contributed by atoms with Crippen LogP contribution in [0.5, 0.6) is 0 Å². The van der Waals surface area contributed by atoms with Crippen LogP contribution < -0.4 is 0 Å². The minimum absolute atomic E-state index is 0.0596. The SMILES string of the molecule is CN1CCCC2CN(Cc3ccc(C#CCO)s3)CCC21. The Morgan fingerprint density at radius 1 is 1.33 bits per heavy atom.